The van der Waals surface area contributed by atoms with Crippen molar-refractivity contribution in [2.75, 3.05) is 52.2 Å². The van der Waals surface area contributed by atoms with E-state index in [0.717, 1.165) is 11.1 Å². The highest BCUT2D eigenvalue weighted by Crippen LogP contribution is 2.49. The van der Waals surface area contributed by atoms with Crippen LogP contribution in [0, 0.1) is 5.92 Å². The van der Waals surface area contributed by atoms with Crippen molar-refractivity contribution in [2.45, 2.75) is 134 Å². The first kappa shape index (κ1) is 51.7. The second kappa shape index (κ2) is 22.3. The summed E-state index contributed by atoms with van der Waals surface area (Å²) in [6.07, 6.45) is 5.82. The number of epoxide rings is 1. The zero-order valence-electron chi connectivity index (χ0n) is 38.5. The molecule has 3 amide bonds. The molecule has 3 heterocycles. The molecular formula is C46H66ClN3O12S. The molecule has 0 aromatic heterocycles. The number of halogens is 1. The maximum absolute atomic E-state index is 14.3. The number of fused-ring (bicyclic) bond motifs is 5. The number of ether oxygens (including phenoxy) is 6. The number of likely N-dealkylation sites (N-methyl/N-ethyl adjacent to an activating group) is 1. The van der Waals surface area contributed by atoms with Crippen molar-refractivity contribution in [1.82, 2.24) is 10.2 Å². The van der Waals surface area contributed by atoms with Crippen molar-refractivity contribution in [2.24, 2.45) is 5.92 Å². The number of benzene rings is 1. The molecule has 63 heavy (non-hydrogen) atoms. The number of amides is 3. The van der Waals surface area contributed by atoms with Crippen LogP contribution in [0.25, 0.3) is 0 Å². The van der Waals surface area contributed by atoms with Crippen LogP contribution in [0.5, 0.6) is 5.75 Å². The first-order valence-corrected chi connectivity index (χ1v) is 22.6. The highest BCUT2D eigenvalue weighted by Gasteiger charge is 2.64. The van der Waals surface area contributed by atoms with Crippen LogP contribution in [0.4, 0.5) is 10.5 Å². The van der Waals surface area contributed by atoms with Crippen molar-refractivity contribution in [3.63, 3.8) is 0 Å². The van der Waals surface area contributed by atoms with Crippen LogP contribution >= 0.6 is 23.4 Å². The van der Waals surface area contributed by atoms with Crippen molar-refractivity contribution >= 4 is 58.7 Å². The molecule has 17 heteroatoms. The Bertz CT molecular complexity index is 1920. The third-order valence-corrected chi connectivity index (χ3v) is 13.7. The van der Waals surface area contributed by atoms with Crippen molar-refractivity contribution in [1.29, 1.82) is 0 Å². The summed E-state index contributed by atoms with van der Waals surface area (Å²) in [6.45, 7) is 13.5. The predicted octanol–water partition coefficient (Wildman–Crippen LogP) is 6.36. The molecule has 0 unspecified atom stereocenters. The number of alkyl carbamates (subject to hydrolysis) is 1. The molecule has 3 aliphatic heterocycles. The van der Waals surface area contributed by atoms with Crippen LogP contribution in [0.3, 0.4) is 0 Å². The van der Waals surface area contributed by atoms with Crippen LogP contribution < -0.4 is 15.0 Å². The van der Waals surface area contributed by atoms with E-state index in [1.807, 2.05) is 25.2 Å². The molecule has 350 valence electrons. The minimum absolute atomic E-state index is 0.0638. The average Bonchev–Trinajstić information content (AvgIpc) is 3.92. The fourth-order valence-corrected chi connectivity index (χ4v) is 8.89. The van der Waals surface area contributed by atoms with Gasteiger partial charge in [-0.3, -0.25) is 19.7 Å². The number of esters is 1. The molecule has 2 saturated heterocycles. The fourth-order valence-electron chi connectivity index (χ4n) is 7.65. The Kier molecular flexibility index (Phi) is 18.3. The Morgan fingerprint density at radius 3 is 2.57 bits per heavy atom. The smallest absolute Gasteiger partial charge is 0.409 e. The molecule has 1 aromatic rings. The van der Waals surface area contributed by atoms with Gasteiger partial charge < -0.3 is 43.3 Å². The van der Waals surface area contributed by atoms with Gasteiger partial charge in [0, 0.05) is 56.9 Å². The summed E-state index contributed by atoms with van der Waals surface area (Å²) in [7, 11) is 6.04. The highest BCUT2D eigenvalue weighted by atomic mass is 35.5. The predicted molar refractivity (Wildman–Crippen MR) is 242 cm³/mol. The summed E-state index contributed by atoms with van der Waals surface area (Å²) in [5, 5.41) is 14.6. The third kappa shape index (κ3) is 13.8. The second-order valence-electron chi connectivity index (χ2n) is 17.5. The molecular weight excluding hydrogens is 854 g/mol. The monoisotopic (exact) mass is 919 g/mol. The van der Waals surface area contributed by atoms with E-state index in [0.29, 0.717) is 49.7 Å². The number of Topliss-reactive ketones (excluding diaryl/α,β-unsaturated/α-hetero) is 1. The minimum atomic E-state index is -1.84. The largest absolute Gasteiger partial charge is 0.495 e. The van der Waals surface area contributed by atoms with Crippen LogP contribution in [0.2, 0.25) is 5.02 Å². The van der Waals surface area contributed by atoms with Gasteiger partial charge in [-0.05, 0) is 58.2 Å². The maximum Gasteiger partial charge on any atom is 0.409 e. The Hall–Kier alpha value is -3.93. The van der Waals surface area contributed by atoms with Crippen LogP contribution in [-0.2, 0) is 49.3 Å². The number of ketones is 1. The zero-order valence-corrected chi connectivity index (χ0v) is 40.1. The quantitative estimate of drug-likeness (QED) is 0.0810. The van der Waals surface area contributed by atoms with E-state index in [1.54, 1.807) is 70.9 Å². The number of carbonyl (C=O) groups excluding carboxylic acids is 5. The number of rotatable bonds is 16. The summed E-state index contributed by atoms with van der Waals surface area (Å²) in [5.41, 5.74) is -0.986. The molecule has 0 spiro atoms. The topological polar surface area (TPSA) is 183 Å². The van der Waals surface area contributed by atoms with Gasteiger partial charge in [0.25, 0.3) is 0 Å². The fraction of sp³-hybridized carbons (Fsp3) is 0.630. The van der Waals surface area contributed by atoms with Gasteiger partial charge in [-0.2, -0.15) is 11.8 Å². The number of nitrogens with one attached hydrogen (secondary N) is 1. The van der Waals surface area contributed by atoms with E-state index in [4.69, 9.17) is 40.0 Å². The van der Waals surface area contributed by atoms with Crippen LogP contribution in [-0.4, -0.2) is 133 Å². The van der Waals surface area contributed by atoms with Gasteiger partial charge in [0.2, 0.25) is 11.8 Å². The number of hydrogen-bond acceptors (Lipinski definition) is 13. The first-order chi connectivity index (χ1) is 29.5. The van der Waals surface area contributed by atoms with Crippen molar-refractivity contribution in [3.05, 3.63) is 58.7 Å². The number of aliphatic hydroxyl groups is 1. The van der Waals surface area contributed by atoms with E-state index in [-0.39, 0.29) is 40.7 Å². The van der Waals surface area contributed by atoms with Gasteiger partial charge in [0.05, 0.1) is 38.5 Å². The SMILES string of the molecule is COc1cc2cc(c1Cl)N(C)C(=O)C[C@H](OC(=O)[C@H](C)N(C)C(=O)CCC(C)(C)SC/C=C/COCCC(C)=O)[C@]1(C)O[C@H]1[C@H](C)[C@@H]1C[C@@](O)(NC(=O)O1)[C@H](OC)/C=C/C=C(\C)C2. The third-order valence-electron chi connectivity index (χ3n) is 12.0. The Morgan fingerprint density at radius 1 is 1.19 bits per heavy atom. The van der Waals surface area contributed by atoms with E-state index >= 15 is 0 Å². The highest BCUT2D eigenvalue weighted by molar-refractivity contribution is 8.00. The Labute approximate surface area is 381 Å². The molecule has 4 bridgehead atoms. The van der Waals surface area contributed by atoms with Crippen LogP contribution in [0.1, 0.15) is 86.1 Å². The Balaban J connectivity index is 1.56. The van der Waals surface area contributed by atoms with Crippen molar-refractivity contribution in [3.8, 4) is 5.75 Å². The normalized spacial score (nSPS) is 28.5. The second-order valence-corrected chi connectivity index (χ2v) is 19.6. The zero-order chi connectivity index (χ0) is 46.9. The number of allylic oxidation sites excluding steroid dienone is 3. The molecule has 2 fully saturated rings. The van der Waals surface area contributed by atoms with Gasteiger partial charge in [-0.1, -0.05) is 68.3 Å². The molecule has 4 rings (SSSR count). The lowest BCUT2D eigenvalue weighted by Gasteiger charge is -2.42. The van der Waals surface area contributed by atoms with Gasteiger partial charge in [0.15, 0.2) is 5.72 Å². The summed E-state index contributed by atoms with van der Waals surface area (Å²) in [6, 6.07) is 2.57. The van der Waals surface area contributed by atoms with Gasteiger partial charge in [-0.25, -0.2) is 9.59 Å². The standard InChI is InChI=1S/C46H66ClN3O12S/c1-28-15-14-16-36(58-11)46(56)27-35(60-43(55)48-46)30(3)41-45(7,62-41)37(26-39(53)50(9)33-24-32(23-28)25-34(57-10)40(33)47)61-42(54)31(4)49(8)38(52)17-19-44(5,6)63-22-13-12-20-59-21-18-29(2)51/h12-16,24-25,30-31,35-37,41,56H,17-23,26-27H2,1-11H3,(H,48,55)/b13-12+,16-14+,28-15+/t30-,31+,35+,36-,37+,41+,45+,46+/m1/s1. The molecule has 1 aromatic carbocycles. The lowest BCUT2D eigenvalue weighted by molar-refractivity contribution is -0.162. The first-order valence-electron chi connectivity index (χ1n) is 21.3. The van der Waals surface area contributed by atoms with Crippen LogP contribution in [0.15, 0.2) is 48.1 Å². The van der Waals surface area contributed by atoms with E-state index in [1.165, 1.54) is 30.9 Å². The Morgan fingerprint density at radius 2 is 1.90 bits per heavy atom. The number of carbonyl (C=O) groups is 5. The number of methoxy groups -OCH3 is 2. The number of thioether (sulfide) groups is 1. The summed E-state index contributed by atoms with van der Waals surface area (Å²) in [5.74, 6) is -0.825. The average molecular weight is 921 g/mol. The van der Waals surface area contributed by atoms with Gasteiger partial charge in [-0.15, -0.1) is 0 Å². The molecule has 3 aliphatic rings. The van der Waals surface area contributed by atoms with Crippen molar-refractivity contribution < 1.29 is 57.5 Å². The lowest BCUT2D eigenvalue weighted by Crippen LogP contribution is -2.63. The summed E-state index contributed by atoms with van der Waals surface area (Å²) < 4.78 is 34.6. The maximum atomic E-state index is 14.3. The number of anilines is 1. The molecule has 15 nitrogen and oxygen atoms in total. The lowest BCUT2D eigenvalue weighted by atomic mass is 9.83. The van der Waals surface area contributed by atoms with E-state index < -0.39 is 65.7 Å². The van der Waals surface area contributed by atoms with Gasteiger partial charge >= 0.3 is 12.1 Å². The molecule has 0 saturated carbocycles. The van der Waals surface area contributed by atoms with E-state index in [2.05, 4.69) is 19.2 Å². The summed E-state index contributed by atoms with van der Waals surface area (Å²) in [4.78, 5) is 68.6. The number of hydrogen-bond donors (Lipinski definition) is 2. The van der Waals surface area contributed by atoms with Gasteiger partial charge in [0.1, 0.15) is 46.5 Å². The molecule has 0 aliphatic carbocycles. The molecule has 8 atom stereocenters. The number of nitrogens with zero attached hydrogens (tertiary/aromatic N) is 2. The van der Waals surface area contributed by atoms with E-state index in [9.17, 15) is 29.1 Å². The summed E-state index contributed by atoms with van der Waals surface area (Å²) >= 11 is 8.49. The minimum Gasteiger partial charge on any atom is -0.495 e. The molecule has 0 radical (unpaired) electrons. The molecule has 2 N–H and O–H groups in total.